The summed E-state index contributed by atoms with van der Waals surface area (Å²) in [4.78, 5) is 11.2. The molecule has 0 amide bonds. The Morgan fingerprint density at radius 2 is 2.06 bits per heavy atom. The van der Waals surface area contributed by atoms with Gasteiger partial charge in [0.25, 0.3) is 0 Å². The van der Waals surface area contributed by atoms with Gasteiger partial charge >= 0.3 is 0 Å². The van der Waals surface area contributed by atoms with E-state index in [2.05, 4.69) is 5.32 Å². The van der Waals surface area contributed by atoms with Gasteiger partial charge in [-0.25, -0.2) is 0 Å². The molecule has 1 fully saturated rings. The molecule has 2 atom stereocenters. The number of rotatable bonds is 2. The maximum Gasteiger partial charge on any atom is 0.159 e. The molecule has 2 rings (SSSR count). The van der Waals surface area contributed by atoms with Gasteiger partial charge in [-0.2, -0.15) is 0 Å². The molecular formula is C13H18N2O. The van der Waals surface area contributed by atoms with Gasteiger partial charge in [-0.3, -0.25) is 4.79 Å². The van der Waals surface area contributed by atoms with Crippen LogP contribution in [-0.2, 0) is 0 Å². The minimum Gasteiger partial charge on any atom is -0.326 e. The van der Waals surface area contributed by atoms with Crippen molar-refractivity contribution in [1.82, 2.24) is 5.32 Å². The Morgan fingerprint density at radius 1 is 1.38 bits per heavy atom. The predicted molar refractivity (Wildman–Crippen MR) is 64.4 cm³/mol. The van der Waals surface area contributed by atoms with Crippen LogP contribution >= 0.6 is 0 Å². The van der Waals surface area contributed by atoms with Crippen molar-refractivity contribution >= 4 is 5.78 Å². The fourth-order valence-corrected chi connectivity index (χ4v) is 2.20. The minimum absolute atomic E-state index is 0.104. The van der Waals surface area contributed by atoms with Gasteiger partial charge in [0.2, 0.25) is 0 Å². The second kappa shape index (κ2) is 4.76. The van der Waals surface area contributed by atoms with Crippen molar-refractivity contribution in [1.29, 1.82) is 0 Å². The molecule has 2 unspecified atom stereocenters. The van der Waals surface area contributed by atoms with Crippen molar-refractivity contribution in [3.05, 3.63) is 35.4 Å². The topological polar surface area (TPSA) is 55.1 Å². The maximum atomic E-state index is 11.2. The Hall–Kier alpha value is -1.19. The van der Waals surface area contributed by atoms with Crippen LogP contribution in [0.15, 0.2) is 24.3 Å². The Labute approximate surface area is 96.0 Å². The fraction of sp³-hybridized carbons (Fsp3) is 0.462. The minimum atomic E-state index is 0.104. The molecular weight excluding hydrogens is 200 g/mol. The lowest BCUT2D eigenvalue weighted by atomic mass is 9.92. The Bertz CT molecular complexity index is 372. The van der Waals surface area contributed by atoms with Crippen LogP contribution in [0.4, 0.5) is 0 Å². The third kappa shape index (κ3) is 2.31. The average molecular weight is 218 g/mol. The molecule has 0 aromatic heterocycles. The largest absolute Gasteiger partial charge is 0.326 e. The number of carbonyl (C=O) groups is 1. The Kier molecular flexibility index (Phi) is 3.36. The molecule has 1 aliphatic rings. The quantitative estimate of drug-likeness (QED) is 0.742. The number of carbonyl (C=O) groups excluding carboxylic acids is 1. The normalized spacial score (nSPS) is 25.4. The van der Waals surface area contributed by atoms with E-state index in [0.717, 1.165) is 24.9 Å². The number of hydrogen-bond donors (Lipinski definition) is 2. The first-order chi connectivity index (χ1) is 7.68. The molecule has 1 aromatic carbocycles. The Balaban J connectivity index is 2.17. The molecule has 86 valence electrons. The highest BCUT2D eigenvalue weighted by molar-refractivity contribution is 5.94. The third-order valence-corrected chi connectivity index (χ3v) is 3.18. The summed E-state index contributed by atoms with van der Waals surface area (Å²) in [5.74, 6) is 0.104. The van der Waals surface area contributed by atoms with E-state index in [4.69, 9.17) is 5.73 Å². The molecule has 3 heteroatoms. The van der Waals surface area contributed by atoms with Crippen LogP contribution in [-0.4, -0.2) is 18.4 Å². The fourth-order valence-electron chi connectivity index (χ4n) is 2.20. The van der Waals surface area contributed by atoms with Gasteiger partial charge in [0.1, 0.15) is 0 Å². The highest BCUT2D eigenvalue weighted by Crippen LogP contribution is 2.22. The van der Waals surface area contributed by atoms with E-state index in [1.165, 1.54) is 5.56 Å². The zero-order chi connectivity index (χ0) is 11.5. The lowest BCUT2D eigenvalue weighted by Gasteiger charge is -2.30. The number of nitrogens with two attached hydrogens (primary N) is 1. The van der Waals surface area contributed by atoms with Gasteiger partial charge in [0.15, 0.2) is 5.78 Å². The van der Waals surface area contributed by atoms with Crippen LogP contribution in [0.5, 0.6) is 0 Å². The van der Waals surface area contributed by atoms with Gasteiger partial charge in [-0.05, 0) is 31.9 Å². The molecule has 1 saturated heterocycles. The maximum absolute atomic E-state index is 11.2. The van der Waals surface area contributed by atoms with E-state index in [0.29, 0.717) is 0 Å². The zero-order valence-corrected chi connectivity index (χ0v) is 9.57. The smallest absolute Gasteiger partial charge is 0.159 e. The summed E-state index contributed by atoms with van der Waals surface area (Å²) in [7, 11) is 0. The second-order valence-corrected chi connectivity index (χ2v) is 4.42. The average Bonchev–Trinajstić information content (AvgIpc) is 2.30. The van der Waals surface area contributed by atoms with Crippen LogP contribution < -0.4 is 11.1 Å². The molecule has 0 bridgehead atoms. The number of piperidine rings is 1. The second-order valence-electron chi connectivity index (χ2n) is 4.42. The van der Waals surface area contributed by atoms with Crippen molar-refractivity contribution in [2.24, 2.45) is 5.73 Å². The first-order valence-corrected chi connectivity index (χ1v) is 5.78. The molecule has 3 N–H and O–H groups in total. The highest BCUT2D eigenvalue weighted by Gasteiger charge is 2.22. The molecule has 0 aliphatic carbocycles. The number of hydrogen-bond acceptors (Lipinski definition) is 3. The van der Waals surface area contributed by atoms with Crippen molar-refractivity contribution < 1.29 is 4.79 Å². The van der Waals surface area contributed by atoms with Gasteiger partial charge in [-0.1, -0.05) is 24.3 Å². The summed E-state index contributed by atoms with van der Waals surface area (Å²) in [5, 5.41) is 3.42. The number of ketones is 1. The van der Waals surface area contributed by atoms with Crippen LogP contribution in [0, 0.1) is 0 Å². The molecule has 16 heavy (non-hydrogen) atoms. The Morgan fingerprint density at radius 3 is 2.62 bits per heavy atom. The molecule has 1 aromatic rings. The van der Waals surface area contributed by atoms with E-state index in [9.17, 15) is 4.79 Å². The summed E-state index contributed by atoms with van der Waals surface area (Å²) >= 11 is 0. The van der Waals surface area contributed by atoms with Crippen LogP contribution in [0.1, 0.15) is 41.7 Å². The summed E-state index contributed by atoms with van der Waals surface area (Å²) in [6.07, 6.45) is 2.20. The van der Waals surface area contributed by atoms with Gasteiger partial charge in [0.05, 0.1) is 0 Å². The first-order valence-electron chi connectivity index (χ1n) is 5.78. The van der Waals surface area contributed by atoms with Crippen LogP contribution in [0.25, 0.3) is 0 Å². The molecule has 1 heterocycles. The van der Waals surface area contributed by atoms with E-state index in [1.54, 1.807) is 6.92 Å². The summed E-state index contributed by atoms with van der Waals surface area (Å²) in [5.41, 5.74) is 8.01. The number of nitrogens with one attached hydrogen (secondary N) is 1. The van der Waals surface area contributed by atoms with E-state index in [-0.39, 0.29) is 17.9 Å². The lowest BCUT2D eigenvalue weighted by molar-refractivity contribution is 0.101. The summed E-state index contributed by atoms with van der Waals surface area (Å²) in [6, 6.07) is 8.16. The van der Waals surface area contributed by atoms with E-state index < -0.39 is 0 Å². The zero-order valence-electron chi connectivity index (χ0n) is 9.57. The van der Waals surface area contributed by atoms with Gasteiger partial charge in [0, 0.05) is 17.6 Å². The lowest BCUT2D eigenvalue weighted by Crippen LogP contribution is -2.42. The van der Waals surface area contributed by atoms with Crippen LogP contribution in [0.2, 0.25) is 0 Å². The van der Waals surface area contributed by atoms with Gasteiger partial charge in [-0.15, -0.1) is 0 Å². The molecule has 0 radical (unpaired) electrons. The molecule has 1 aliphatic heterocycles. The first kappa shape index (κ1) is 11.3. The standard InChI is InChI=1S/C13H18N2O/c1-9(16)10-4-6-11(7-5-10)13-12(14)3-2-8-15-13/h4-7,12-13,15H,2-3,8,14H2,1H3. The van der Waals surface area contributed by atoms with E-state index >= 15 is 0 Å². The highest BCUT2D eigenvalue weighted by atomic mass is 16.1. The van der Waals surface area contributed by atoms with Crippen molar-refractivity contribution in [2.45, 2.75) is 31.8 Å². The van der Waals surface area contributed by atoms with Crippen molar-refractivity contribution in [3.8, 4) is 0 Å². The molecule has 0 spiro atoms. The van der Waals surface area contributed by atoms with Crippen molar-refractivity contribution in [2.75, 3.05) is 6.54 Å². The van der Waals surface area contributed by atoms with Gasteiger partial charge < -0.3 is 11.1 Å². The van der Waals surface area contributed by atoms with Crippen LogP contribution in [0.3, 0.4) is 0 Å². The number of Topliss-reactive ketones (excluding diaryl/α,β-unsaturated/α-hetero) is 1. The van der Waals surface area contributed by atoms with Crippen molar-refractivity contribution in [3.63, 3.8) is 0 Å². The predicted octanol–water partition coefficient (Wildman–Crippen LogP) is 1.64. The molecule has 0 saturated carbocycles. The number of benzene rings is 1. The summed E-state index contributed by atoms with van der Waals surface area (Å²) < 4.78 is 0. The molecule has 3 nitrogen and oxygen atoms in total. The van der Waals surface area contributed by atoms with E-state index in [1.807, 2.05) is 24.3 Å². The third-order valence-electron chi connectivity index (χ3n) is 3.18. The monoisotopic (exact) mass is 218 g/mol. The summed E-state index contributed by atoms with van der Waals surface area (Å²) in [6.45, 7) is 2.60. The SMILES string of the molecule is CC(=O)c1ccc(C2NCCCC2N)cc1.